The third kappa shape index (κ3) is 13.4. The van der Waals surface area contributed by atoms with Gasteiger partial charge in [0.05, 0.1) is 5.56 Å². The lowest BCUT2D eigenvalue weighted by Gasteiger charge is -2.06. The third-order valence-corrected chi connectivity index (χ3v) is 5.71. The fourth-order valence-corrected chi connectivity index (χ4v) is 3.74. The first kappa shape index (κ1) is 26.2. The number of benzene rings is 1. The van der Waals surface area contributed by atoms with E-state index in [2.05, 4.69) is 12.2 Å². The van der Waals surface area contributed by atoms with Crippen molar-refractivity contribution >= 4 is 11.9 Å². The van der Waals surface area contributed by atoms with Gasteiger partial charge in [-0.1, -0.05) is 103 Å². The Morgan fingerprint density at radius 1 is 0.633 bits per heavy atom. The first-order chi connectivity index (χ1) is 14.6. The van der Waals surface area contributed by atoms with E-state index >= 15 is 0 Å². The molecule has 0 heterocycles. The highest BCUT2D eigenvalue weighted by Gasteiger charge is 2.07. The van der Waals surface area contributed by atoms with Crippen LogP contribution >= 0.6 is 0 Å². The Morgan fingerprint density at radius 2 is 1.00 bits per heavy atom. The molecule has 0 aliphatic heterocycles. The monoisotopic (exact) mass is 417 g/mol. The number of hydrogen-bond donors (Lipinski definition) is 2. The highest BCUT2D eigenvalue weighted by molar-refractivity contribution is 5.95. The first-order valence-electron chi connectivity index (χ1n) is 12.3. The number of carbonyl (C=O) groups excluding carboxylic acids is 1. The molecule has 1 aromatic rings. The van der Waals surface area contributed by atoms with Gasteiger partial charge in [0.1, 0.15) is 0 Å². The summed E-state index contributed by atoms with van der Waals surface area (Å²) in [4.78, 5) is 22.9. The third-order valence-electron chi connectivity index (χ3n) is 5.71. The van der Waals surface area contributed by atoms with Crippen LogP contribution in [-0.2, 0) is 0 Å². The van der Waals surface area contributed by atoms with E-state index in [1.165, 1.54) is 102 Å². The molecular weight excluding hydrogens is 374 g/mol. The van der Waals surface area contributed by atoms with Crippen LogP contribution in [0.2, 0.25) is 0 Å². The van der Waals surface area contributed by atoms with Gasteiger partial charge in [0.2, 0.25) is 0 Å². The molecule has 30 heavy (non-hydrogen) atoms. The maximum absolute atomic E-state index is 12.0. The maximum atomic E-state index is 12.0. The summed E-state index contributed by atoms with van der Waals surface area (Å²) in [5.41, 5.74) is 0.709. The molecule has 0 atom stereocenters. The van der Waals surface area contributed by atoms with Gasteiger partial charge in [-0.05, 0) is 30.7 Å². The molecule has 2 N–H and O–H groups in total. The zero-order valence-corrected chi connectivity index (χ0v) is 19.1. The van der Waals surface area contributed by atoms with Crippen molar-refractivity contribution in [3.63, 3.8) is 0 Å². The number of nitrogens with one attached hydrogen (secondary N) is 1. The minimum absolute atomic E-state index is 0.132. The molecule has 170 valence electrons. The second-order valence-corrected chi connectivity index (χ2v) is 8.44. The Morgan fingerprint density at radius 3 is 1.40 bits per heavy atom. The molecular formula is C26H43NO3. The van der Waals surface area contributed by atoms with Crippen molar-refractivity contribution in [2.24, 2.45) is 0 Å². The Balaban J connectivity index is 1.85. The van der Waals surface area contributed by atoms with Gasteiger partial charge >= 0.3 is 5.97 Å². The van der Waals surface area contributed by atoms with E-state index in [1.807, 2.05) is 0 Å². The fraction of sp³-hybridized carbons (Fsp3) is 0.692. The summed E-state index contributed by atoms with van der Waals surface area (Å²) in [7, 11) is 0. The van der Waals surface area contributed by atoms with Crippen molar-refractivity contribution in [2.45, 2.75) is 110 Å². The minimum atomic E-state index is -0.977. The summed E-state index contributed by atoms with van der Waals surface area (Å²) >= 11 is 0. The number of carbonyl (C=O) groups is 2. The molecule has 0 bridgehead atoms. The van der Waals surface area contributed by atoms with E-state index in [4.69, 9.17) is 5.11 Å². The second-order valence-electron chi connectivity index (χ2n) is 8.44. The standard InChI is InChI=1S/C26H43NO3/c1-2-3-4-5-6-7-8-9-10-11-12-13-14-15-16-17-22-27-25(28)23-18-20-24(21-19-23)26(29)30/h18-21H,2-17,22H2,1H3,(H,27,28)(H,29,30). The fourth-order valence-electron chi connectivity index (χ4n) is 3.74. The second kappa shape index (κ2) is 18.0. The predicted octanol–water partition coefficient (Wildman–Crippen LogP) is 7.38. The Hall–Kier alpha value is -1.84. The van der Waals surface area contributed by atoms with Crippen LogP contribution in [0.4, 0.5) is 0 Å². The van der Waals surface area contributed by atoms with Crippen molar-refractivity contribution in [3.05, 3.63) is 35.4 Å². The van der Waals surface area contributed by atoms with Crippen molar-refractivity contribution in [2.75, 3.05) is 6.54 Å². The lowest BCUT2D eigenvalue weighted by molar-refractivity contribution is 0.0696. The number of aromatic carboxylic acids is 1. The zero-order valence-electron chi connectivity index (χ0n) is 19.1. The van der Waals surface area contributed by atoms with Gasteiger partial charge in [0.15, 0.2) is 0 Å². The van der Waals surface area contributed by atoms with Crippen LogP contribution in [0.5, 0.6) is 0 Å². The first-order valence-corrected chi connectivity index (χ1v) is 12.3. The smallest absolute Gasteiger partial charge is 0.335 e. The van der Waals surface area contributed by atoms with Crippen molar-refractivity contribution in [1.82, 2.24) is 5.32 Å². The van der Waals surface area contributed by atoms with Gasteiger partial charge in [0, 0.05) is 12.1 Å². The Labute approximate surface area is 183 Å². The van der Waals surface area contributed by atoms with Crippen LogP contribution in [0.25, 0.3) is 0 Å². The molecule has 1 rings (SSSR count). The molecule has 4 heteroatoms. The molecule has 1 amide bonds. The SMILES string of the molecule is CCCCCCCCCCCCCCCCCCNC(=O)c1ccc(C(=O)O)cc1. The lowest BCUT2D eigenvalue weighted by Crippen LogP contribution is -2.24. The summed E-state index contributed by atoms with van der Waals surface area (Å²) < 4.78 is 0. The highest BCUT2D eigenvalue weighted by Crippen LogP contribution is 2.13. The van der Waals surface area contributed by atoms with Crippen LogP contribution in [-0.4, -0.2) is 23.5 Å². The number of amides is 1. The molecule has 0 aliphatic carbocycles. The van der Waals surface area contributed by atoms with Crippen LogP contribution < -0.4 is 5.32 Å². The average Bonchev–Trinajstić information content (AvgIpc) is 2.75. The number of rotatable bonds is 19. The molecule has 0 saturated carbocycles. The van der Waals surface area contributed by atoms with E-state index in [0.29, 0.717) is 12.1 Å². The van der Waals surface area contributed by atoms with Crippen LogP contribution in [0, 0.1) is 0 Å². The molecule has 0 spiro atoms. The summed E-state index contributed by atoms with van der Waals surface area (Å²) in [6.45, 7) is 2.95. The van der Waals surface area contributed by atoms with Gasteiger partial charge in [-0.25, -0.2) is 4.79 Å². The van der Waals surface area contributed by atoms with Gasteiger partial charge < -0.3 is 10.4 Å². The predicted molar refractivity (Wildman–Crippen MR) is 125 cm³/mol. The molecule has 1 aromatic carbocycles. The molecule has 0 aromatic heterocycles. The van der Waals surface area contributed by atoms with Crippen LogP contribution in [0.15, 0.2) is 24.3 Å². The van der Waals surface area contributed by atoms with Crippen molar-refractivity contribution in [3.8, 4) is 0 Å². The van der Waals surface area contributed by atoms with Gasteiger partial charge in [-0.3, -0.25) is 4.79 Å². The van der Waals surface area contributed by atoms with E-state index in [9.17, 15) is 9.59 Å². The van der Waals surface area contributed by atoms with Crippen LogP contribution in [0.1, 0.15) is 130 Å². The number of hydrogen-bond acceptors (Lipinski definition) is 2. The largest absolute Gasteiger partial charge is 0.478 e. The Bertz CT molecular complexity index is 568. The zero-order chi connectivity index (χ0) is 21.9. The quantitative estimate of drug-likeness (QED) is 0.231. The Kier molecular flexibility index (Phi) is 15.7. The number of unbranched alkanes of at least 4 members (excludes halogenated alkanes) is 15. The van der Waals surface area contributed by atoms with E-state index in [1.54, 1.807) is 12.1 Å². The lowest BCUT2D eigenvalue weighted by atomic mass is 10.0. The van der Waals surface area contributed by atoms with Crippen molar-refractivity contribution in [1.29, 1.82) is 0 Å². The normalized spacial score (nSPS) is 10.8. The number of carboxylic acid groups (broad SMARTS) is 1. The molecule has 0 saturated heterocycles. The molecule has 0 unspecified atom stereocenters. The highest BCUT2D eigenvalue weighted by atomic mass is 16.4. The number of carboxylic acids is 1. The summed E-state index contributed by atoms with van der Waals surface area (Å²) in [5, 5.41) is 11.8. The van der Waals surface area contributed by atoms with E-state index < -0.39 is 5.97 Å². The summed E-state index contributed by atoms with van der Waals surface area (Å²) in [6.07, 6.45) is 21.4. The maximum Gasteiger partial charge on any atom is 0.335 e. The van der Waals surface area contributed by atoms with Gasteiger partial charge in [-0.2, -0.15) is 0 Å². The molecule has 0 radical (unpaired) electrons. The minimum Gasteiger partial charge on any atom is -0.478 e. The van der Waals surface area contributed by atoms with E-state index in [0.717, 1.165) is 12.8 Å². The van der Waals surface area contributed by atoms with Crippen LogP contribution in [0.3, 0.4) is 0 Å². The van der Waals surface area contributed by atoms with Gasteiger partial charge in [-0.15, -0.1) is 0 Å². The van der Waals surface area contributed by atoms with E-state index in [-0.39, 0.29) is 11.5 Å². The topological polar surface area (TPSA) is 66.4 Å². The summed E-state index contributed by atoms with van der Waals surface area (Å²) in [5.74, 6) is -1.11. The molecule has 0 aliphatic rings. The van der Waals surface area contributed by atoms with Gasteiger partial charge in [0.25, 0.3) is 5.91 Å². The molecule has 0 fully saturated rings. The summed E-state index contributed by atoms with van der Waals surface area (Å²) in [6, 6.07) is 6.05. The molecule has 4 nitrogen and oxygen atoms in total. The average molecular weight is 418 g/mol. The van der Waals surface area contributed by atoms with Crippen molar-refractivity contribution < 1.29 is 14.7 Å².